The zero-order chi connectivity index (χ0) is 32.2. The van der Waals surface area contributed by atoms with Crippen LogP contribution in [0.3, 0.4) is 0 Å². The summed E-state index contributed by atoms with van der Waals surface area (Å²) in [7, 11) is 5.46. The van der Waals surface area contributed by atoms with Crippen molar-refractivity contribution in [3.63, 3.8) is 0 Å². The summed E-state index contributed by atoms with van der Waals surface area (Å²) >= 11 is 3.43. The molecule has 0 unspecified atom stereocenters. The highest BCUT2D eigenvalue weighted by Crippen LogP contribution is 2.35. The lowest BCUT2D eigenvalue weighted by Gasteiger charge is -2.25. The van der Waals surface area contributed by atoms with Crippen molar-refractivity contribution in [1.29, 1.82) is 5.26 Å². The number of hydrogen-bond acceptors (Lipinski definition) is 9. The molecule has 1 aliphatic heterocycles. The largest absolute Gasteiger partial charge is 0.493 e. The minimum atomic E-state index is -0.694. The highest BCUT2D eigenvalue weighted by molar-refractivity contribution is 14.1. The Morgan fingerprint density at radius 2 is 1.91 bits per heavy atom. The summed E-state index contributed by atoms with van der Waals surface area (Å²) in [6, 6.07) is 20.2. The number of benzene rings is 3. The quantitative estimate of drug-likeness (QED) is 0.178. The maximum Gasteiger partial charge on any atom is 0.338 e. The van der Waals surface area contributed by atoms with Gasteiger partial charge in [-0.15, -0.1) is 0 Å². The topological polar surface area (TPSA) is 106 Å². The second kappa shape index (κ2) is 13.7. The Morgan fingerprint density at radius 3 is 2.58 bits per heavy atom. The van der Waals surface area contributed by atoms with E-state index in [2.05, 4.69) is 33.7 Å². The fourth-order valence-electron chi connectivity index (χ4n) is 5.08. The van der Waals surface area contributed by atoms with E-state index in [-0.39, 0.29) is 18.8 Å². The number of carbonyl (C=O) groups is 1. The molecule has 11 heteroatoms. The Balaban J connectivity index is 1.57. The molecule has 0 saturated heterocycles. The van der Waals surface area contributed by atoms with Crippen molar-refractivity contribution >= 4 is 51.7 Å². The molecule has 1 atom stereocenters. The van der Waals surface area contributed by atoms with Crippen LogP contribution in [0.2, 0.25) is 0 Å². The van der Waals surface area contributed by atoms with Gasteiger partial charge in [0.05, 0.1) is 50.8 Å². The second-order valence-corrected chi connectivity index (χ2v) is 12.6. The predicted molar refractivity (Wildman–Crippen MR) is 182 cm³/mol. The Kier molecular flexibility index (Phi) is 9.74. The first-order valence-corrected chi connectivity index (χ1v) is 16.0. The molecule has 0 spiro atoms. The fraction of sp³-hybridized carbons (Fsp3) is 0.235. The molecule has 3 aromatic carbocycles. The molecule has 0 amide bonds. The molecule has 9 nitrogen and oxygen atoms in total. The van der Waals surface area contributed by atoms with Crippen molar-refractivity contribution in [2.45, 2.75) is 26.5 Å². The number of nitrogens with zero attached hydrogens (tertiary/aromatic N) is 4. The van der Waals surface area contributed by atoms with E-state index in [1.165, 1.54) is 11.3 Å². The lowest BCUT2D eigenvalue weighted by Crippen LogP contribution is -2.39. The maximum atomic E-state index is 14.1. The SMILES string of the molecule is CCOC(=O)C1=C(C)N=c2s/c(=C/c3cc(I)c(OCc4ccccc4C#N)c(OC)c3)c(=O)n2[C@H]1c1ccc(N(C)C)cc1. The van der Waals surface area contributed by atoms with E-state index in [4.69, 9.17) is 14.2 Å². The Hall–Kier alpha value is -4.41. The van der Waals surface area contributed by atoms with Gasteiger partial charge in [0.25, 0.3) is 5.56 Å². The van der Waals surface area contributed by atoms with Crippen LogP contribution in [0.25, 0.3) is 6.08 Å². The molecule has 230 valence electrons. The number of fused-ring (bicyclic) bond motifs is 1. The number of hydrogen-bond donors (Lipinski definition) is 0. The van der Waals surface area contributed by atoms with Crippen molar-refractivity contribution in [2.24, 2.45) is 4.99 Å². The van der Waals surface area contributed by atoms with E-state index in [0.29, 0.717) is 37.7 Å². The van der Waals surface area contributed by atoms with Crippen LogP contribution in [0.1, 0.15) is 42.1 Å². The van der Waals surface area contributed by atoms with Gasteiger partial charge in [0.1, 0.15) is 6.61 Å². The molecular weight excluding hydrogens is 703 g/mol. The molecule has 2 heterocycles. The summed E-state index contributed by atoms with van der Waals surface area (Å²) in [5.41, 5.74) is 4.41. The van der Waals surface area contributed by atoms with Crippen molar-refractivity contribution < 1.29 is 19.0 Å². The molecule has 5 rings (SSSR count). The second-order valence-electron chi connectivity index (χ2n) is 10.4. The van der Waals surface area contributed by atoms with Gasteiger partial charge in [0.2, 0.25) is 0 Å². The van der Waals surface area contributed by atoms with Crippen molar-refractivity contribution in [3.8, 4) is 17.6 Å². The van der Waals surface area contributed by atoms with Crippen molar-refractivity contribution in [1.82, 2.24) is 4.57 Å². The zero-order valence-corrected chi connectivity index (χ0v) is 28.4. The molecule has 0 radical (unpaired) electrons. The number of anilines is 1. The molecule has 0 fully saturated rings. The number of carbonyl (C=O) groups excluding carboxylic acids is 1. The van der Waals surface area contributed by atoms with E-state index in [0.717, 1.165) is 25.9 Å². The van der Waals surface area contributed by atoms with Crippen LogP contribution in [-0.4, -0.2) is 38.3 Å². The number of rotatable bonds is 9. The van der Waals surface area contributed by atoms with E-state index < -0.39 is 12.0 Å². The van der Waals surface area contributed by atoms with E-state index in [9.17, 15) is 14.9 Å². The first kappa shape index (κ1) is 32.0. The number of aromatic nitrogens is 1. The predicted octanol–water partition coefficient (Wildman–Crippen LogP) is 4.93. The molecule has 0 saturated carbocycles. The Bertz CT molecular complexity index is 2020. The molecule has 1 aliphatic rings. The number of allylic oxidation sites excluding steroid dienone is 1. The maximum absolute atomic E-state index is 14.1. The van der Waals surface area contributed by atoms with Crippen molar-refractivity contribution in [2.75, 3.05) is 32.7 Å². The van der Waals surface area contributed by atoms with Gasteiger partial charge in [-0.3, -0.25) is 9.36 Å². The van der Waals surface area contributed by atoms with E-state index >= 15 is 0 Å². The summed E-state index contributed by atoms with van der Waals surface area (Å²) < 4.78 is 20.0. The monoisotopic (exact) mass is 734 g/mol. The summed E-state index contributed by atoms with van der Waals surface area (Å²) in [4.78, 5) is 34.4. The van der Waals surface area contributed by atoms with Gasteiger partial charge in [-0.25, -0.2) is 9.79 Å². The third kappa shape index (κ3) is 6.53. The van der Waals surface area contributed by atoms with Crippen LogP contribution in [0.5, 0.6) is 11.5 Å². The Labute approximate surface area is 278 Å². The number of methoxy groups -OCH3 is 1. The van der Waals surface area contributed by atoms with Crippen LogP contribution in [0, 0.1) is 14.9 Å². The van der Waals surface area contributed by atoms with E-state index in [1.54, 1.807) is 43.7 Å². The minimum Gasteiger partial charge on any atom is -0.493 e. The Morgan fingerprint density at radius 1 is 1.18 bits per heavy atom. The van der Waals surface area contributed by atoms with E-state index in [1.807, 2.05) is 67.5 Å². The fourth-order valence-corrected chi connectivity index (χ4v) is 6.91. The van der Waals surface area contributed by atoms with Gasteiger partial charge < -0.3 is 19.1 Å². The van der Waals surface area contributed by atoms with Gasteiger partial charge in [-0.1, -0.05) is 41.7 Å². The number of thiazole rings is 1. The third-order valence-electron chi connectivity index (χ3n) is 7.30. The van der Waals surface area contributed by atoms with Gasteiger partial charge in [0.15, 0.2) is 16.3 Å². The summed E-state index contributed by atoms with van der Waals surface area (Å²) in [6.07, 6.45) is 1.79. The van der Waals surface area contributed by atoms with Crippen LogP contribution in [0.4, 0.5) is 5.69 Å². The van der Waals surface area contributed by atoms with Crippen LogP contribution in [-0.2, 0) is 16.1 Å². The molecule has 45 heavy (non-hydrogen) atoms. The average molecular weight is 735 g/mol. The van der Waals surface area contributed by atoms with Crippen LogP contribution >= 0.6 is 33.9 Å². The summed E-state index contributed by atoms with van der Waals surface area (Å²) in [5, 5.41) is 9.43. The first-order valence-electron chi connectivity index (χ1n) is 14.1. The average Bonchev–Trinajstić information content (AvgIpc) is 3.33. The minimum absolute atomic E-state index is 0.200. The lowest BCUT2D eigenvalue weighted by atomic mass is 9.95. The van der Waals surface area contributed by atoms with Gasteiger partial charge >= 0.3 is 5.97 Å². The molecule has 0 N–H and O–H groups in total. The van der Waals surface area contributed by atoms with Crippen LogP contribution < -0.4 is 29.3 Å². The molecule has 1 aromatic heterocycles. The van der Waals surface area contributed by atoms with Crippen molar-refractivity contribution in [3.05, 3.63) is 117 Å². The number of esters is 1. The lowest BCUT2D eigenvalue weighted by molar-refractivity contribution is -0.139. The molecule has 0 bridgehead atoms. The standard InChI is InChI=1S/C34H31IN4O5S/c1-6-43-33(41)29-20(2)37-34-39(30(29)22-11-13-25(14-12-22)38(3)4)32(40)28(45-34)17-21-15-26(35)31(27(16-21)42-5)44-19-24-10-8-7-9-23(24)18-36/h7-17,30H,6,19H2,1-5H3/b28-17+/t30-/m0/s1. The highest BCUT2D eigenvalue weighted by Gasteiger charge is 2.33. The first-order chi connectivity index (χ1) is 21.7. The third-order valence-corrected chi connectivity index (χ3v) is 9.09. The number of ether oxygens (including phenoxy) is 3. The summed E-state index contributed by atoms with van der Waals surface area (Å²) in [6.45, 7) is 3.93. The van der Waals surface area contributed by atoms with Gasteiger partial charge in [-0.2, -0.15) is 5.26 Å². The molecule has 0 aliphatic carbocycles. The number of nitriles is 1. The highest BCUT2D eigenvalue weighted by atomic mass is 127. The van der Waals surface area contributed by atoms with Gasteiger partial charge in [-0.05, 0) is 84.0 Å². The number of halogens is 1. The normalized spacial score (nSPS) is 14.3. The van der Waals surface area contributed by atoms with Crippen LogP contribution in [0.15, 0.2) is 81.7 Å². The smallest absolute Gasteiger partial charge is 0.338 e. The summed E-state index contributed by atoms with van der Waals surface area (Å²) in [5.74, 6) is 0.539. The molecule has 4 aromatic rings. The molecular formula is C34H31IN4O5S. The van der Waals surface area contributed by atoms with Gasteiger partial charge in [0, 0.05) is 25.3 Å². The zero-order valence-electron chi connectivity index (χ0n) is 25.5.